The zero-order valence-electron chi connectivity index (χ0n) is 10.2. The Morgan fingerprint density at radius 3 is 2.69 bits per heavy atom. The lowest BCUT2D eigenvalue weighted by atomic mass is 9.99. The van der Waals surface area contributed by atoms with Crippen molar-refractivity contribution >= 4 is 5.97 Å². The molecule has 1 aliphatic rings. The van der Waals surface area contributed by atoms with Crippen molar-refractivity contribution in [3.8, 4) is 0 Å². The molecule has 0 bridgehead atoms. The smallest absolute Gasteiger partial charge is 0.309 e. The third kappa shape index (κ3) is 4.23. The van der Waals surface area contributed by atoms with E-state index in [1.165, 1.54) is 0 Å². The van der Waals surface area contributed by atoms with E-state index in [0.717, 1.165) is 0 Å². The number of aliphatic hydroxyl groups is 1. The van der Waals surface area contributed by atoms with Gasteiger partial charge >= 0.3 is 5.97 Å². The van der Waals surface area contributed by atoms with Crippen LogP contribution in [0.4, 0.5) is 0 Å². The topological polar surface area (TPSA) is 55.8 Å². The van der Waals surface area contributed by atoms with Gasteiger partial charge in [-0.25, -0.2) is 0 Å². The Balaban J connectivity index is 2.59. The highest BCUT2D eigenvalue weighted by molar-refractivity contribution is 5.73. The second-order valence-corrected chi connectivity index (χ2v) is 5.12. The van der Waals surface area contributed by atoms with Gasteiger partial charge in [0.25, 0.3) is 0 Å². The fourth-order valence-electron chi connectivity index (χ4n) is 1.61. The van der Waals surface area contributed by atoms with Crippen LogP contribution in [0.2, 0.25) is 0 Å². The van der Waals surface area contributed by atoms with E-state index < -0.39 is 11.9 Å². The van der Waals surface area contributed by atoms with Gasteiger partial charge in [-0.05, 0) is 27.2 Å². The average molecular weight is 228 g/mol. The molecule has 1 fully saturated rings. The van der Waals surface area contributed by atoms with Crippen molar-refractivity contribution in [2.24, 2.45) is 5.92 Å². The van der Waals surface area contributed by atoms with Gasteiger partial charge in [0.05, 0.1) is 11.7 Å². The van der Waals surface area contributed by atoms with Crippen LogP contribution in [-0.2, 0) is 14.3 Å². The second-order valence-electron chi connectivity index (χ2n) is 5.12. The molecule has 0 aliphatic carbocycles. The molecule has 0 aromatic heterocycles. The van der Waals surface area contributed by atoms with E-state index in [1.807, 2.05) is 20.8 Å². The summed E-state index contributed by atoms with van der Waals surface area (Å²) in [6.07, 6.45) is 0.573. The summed E-state index contributed by atoms with van der Waals surface area (Å²) >= 11 is 0. The Morgan fingerprint density at radius 1 is 1.50 bits per heavy atom. The van der Waals surface area contributed by atoms with Crippen LogP contribution in [-0.4, -0.2) is 23.0 Å². The van der Waals surface area contributed by atoms with Gasteiger partial charge < -0.3 is 14.6 Å². The number of ether oxygens (including phenoxy) is 2. The molecule has 2 unspecified atom stereocenters. The second kappa shape index (κ2) is 4.87. The maximum Gasteiger partial charge on any atom is 0.309 e. The molecule has 1 aliphatic heterocycles. The summed E-state index contributed by atoms with van der Waals surface area (Å²) in [6, 6.07) is 0. The number of esters is 1. The first-order chi connectivity index (χ1) is 7.28. The monoisotopic (exact) mass is 228 g/mol. The van der Waals surface area contributed by atoms with Gasteiger partial charge in [0.1, 0.15) is 5.60 Å². The number of carbonyl (C=O) groups excluding carboxylic acids is 1. The van der Waals surface area contributed by atoms with Gasteiger partial charge in [0.15, 0.2) is 6.29 Å². The number of allylic oxidation sites excluding steroid dienone is 1. The van der Waals surface area contributed by atoms with E-state index in [4.69, 9.17) is 9.47 Å². The van der Waals surface area contributed by atoms with Crippen LogP contribution < -0.4 is 0 Å². The Kier molecular flexibility index (Phi) is 3.97. The Hall–Kier alpha value is -1.03. The third-order valence-corrected chi connectivity index (χ3v) is 2.28. The van der Waals surface area contributed by atoms with Crippen LogP contribution in [0.25, 0.3) is 0 Å². The summed E-state index contributed by atoms with van der Waals surface area (Å²) in [5.41, 5.74) is -0.482. The first-order valence-corrected chi connectivity index (χ1v) is 5.53. The number of hydrogen-bond acceptors (Lipinski definition) is 4. The van der Waals surface area contributed by atoms with E-state index in [-0.39, 0.29) is 11.9 Å². The van der Waals surface area contributed by atoms with Gasteiger partial charge in [-0.2, -0.15) is 0 Å². The number of rotatable bonds is 1. The van der Waals surface area contributed by atoms with E-state index in [1.54, 1.807) is 0 Å². The number of carbonyl (C=O) groups is 1. The van der Waals surface area contributed by atoms with Crippen LogP contribution in [0.15, 0.2) is 12.3 Å². The molecule has 0 aromatic carbocycles. The van der Waals surface area contributed by atoms with Crippen LogP contribution in [0.1, 0.15) is 40.0 Å². The van der Waals surface area contributed by atoms with Gasteiger partial charge in [-0.1, -0.05) is 6.58 Å². The maximum absolute atomic E-state index is 11.8. The van der Waals surface area contributed by atoms with E-state index in [0.29, 0.717) is 25.0 Å². The summed E-state index contributed by atoms with van der Waals surface area (Å²) in [5, 5.41) is 9.36. The molecule has 2 atom stereocenters. The van der Waals surface area contributed by atoms with Crippen molar-refractivity contribution in [3.63, 3.8) is 0 Å². The summed E-state index contributed by atoms with van der Waals surface area (Å²) < 4.78 is 10.4. The fraction of sp³-hybridized carbons (Fsp3) is 0.750. The van der Waals surface area contributed by atoms with Crippen LogP contribution in [0.3, 0.4) is 0 Å². The van der Waals surface area contributed by atoms with Crippen LogP contribution >= 0.6 is 0 Å². The molecule has 0 amide bonds. The zero-order valence-corrected chi connectivity index (χ0v) is 10.2. The highest BCUT2D eigenvalue weighted by Gasteiger charge is 2.29. The van der Waals surface area contributed by atoms with Gasteiger partial charge in [0, 0.05) is 12.8 Å². The molecule has 92 valence electrons. The van der Waals surface area contributed by atoms with Crippen molar-refractivity contribution < 1.29 is 19.4 Å². The minimum absolute atomic E-state index is 0.244. The summed E-state index contributed by atoms with van der Waals surface area (Å²) in [4.78, 5) is 11.8. The van der Waals surface area contributed by atoms with Crippen LogP contribution in [0.5, 0.6) is 0 Å². The van der Waals surface area contributed by atoms with E-state index >= 15 is 0 Å². The molecule has 1 saturated heterocycles. The van der Waals surface area contributed by atoms with Crippen molar-refractivity contribution in [3.05, 3.63) is 12.3 Å². The summed E-state index contributed by atoms with van der Waals surface area (Å²) in [5.74, 6) is -0.0592. The summed E-state index contributed by atoms with van der Waals surface area (Å²) in [7, 11) is 0. The summed E-state index contributed by atoms with van der Waals surface area (Å²) in [6.45, 7) is 9.17. The lowest BCUT2D eigenvalue weighted by molar-refractivity contribution is -0.160. The minimum atomic E-state index is -0.847. The molecule has 4 heteroatoms. The molecule has 1 rings (SSSR count). The molecule has 0 spiro atoms. The van der Waals surface area contributed by atoms with E-state index in [2.05, 4.69) is 6.58 Å². The lowest BCUT2D eigenvalue weighted by Gasteiger charge is -2.23. The fourth-order valence-corrected chi connectivity index (χ4v) is 1.61. The molecule has 4 nitrogen and oxygen atoms in total. The molecular weight excluding hydrogens is 208 g/mol. The minimum Gasteiger partial charge on any atom is -0.470 e. The van der Waals surface area contributed by atoms with Crippen molar-refractivity contribution in [2.45, 2.75) is 51.9 Å². The first kappa shape index (κ1) is 13.0. The highest BCUT2D eigenvalue weighted by Crippen LogP contribution is 2.26. The third-order valence-electron chi connectivity index (χ3n) is 2.28. The number of hydrogen-bond donors (Lipinski definition) is 1. The van der Waals surface area contributed by atoms with Crippen molar-refractivity contribution in [1.82, 2.24) is 0 Å². The van der Waals surface area contributed by atoms with Crippen molar-refractivity contribution in [2.75, 3.05) is 0 Å². The molecule has 1 N–H and O–H groups in total. The molecular formula is C12H20O4. The van der Waals surface area contributed by atoms with Crippen molar-refractivity contribution in [1.29, 1.82) is 0 Å². The molecule has 0 aromatic rings. The highest BCUT2D eigenvalue weighted by atomic mass is 16.6. The predicted molar refractivity (Wildman–Crippen MR) is 59.4 cm³/mol. The molecule has 0 saturated carbocycles. The zero-order chi connectivity index (χ0) is 12.3. The largest absolute Gasteiger partial charge is 0.470 e. The average Bonchev–Trinajstić information content (AvgIpc) is 2.23. The van der Waals surface area contributed by atoms with Gasteiger partial charge in [0.2, 0.25) is 0 Å². The van der Waals surface area contributed by atoms with E-state index in [9.17, 15) is 9.90 Å². The normalized spacial score (nSPS) is 26.9. The Bertz CT molecular complexity index is 277. The standard InChI is InChI=1S/C12H20O4/c1-8-7-9(5-6-10(13)15-8)11(14)16-12(2,3)4/h9-10,13H,1,5-7H2,2-4H3. The molecule has 0 radical (unpaired) electrons. The molecule has 1 heterocycles. The predicted octanol–water partition coefficient (Wildman–Crippen LogP) is 1.98. The van der Waals surface area contributed by atoms with Crippen LogP contribution in [0, 0.1) is 5.92 Å². The van der Waals surface area contributed by atoms with Gasteiger partial charge in [-0.3, -0.25) is 4.79 Å². The SMILES string of the molecule is C=C1CC(C(=O)OC(C)(C)C)CCC(O)O1. The first-order valence-electron chi connectivity index (χ1n) is 5.53. The van der Waals surface area contributed by atoms with Gasteiger partial charge in [-0.15, -0.1) is 0 Å². The maximum atomic E-state index is 11.8. The lowest BCUT2D eigenvalue weighted by Crippen LogP contribution is -2.28. The Labute approximate surface area is 96.2 Å². The quantitative estimate of drug-likeness (QED) is 0.697. The molecule has 16 heavy (non-hydrogen) atoms. The Morgan fingerprint density at radius 2 is 2.12 bits per heavy atom. The number of aliphatic hydroxyl groups excluding tert-OH is 1.